The number of rotatable bonds is 4. The number of halogens is 1. The standard InChI is InChI=1S/C15H19ClN2O/c1-2-3-13-9-12(6-7-19-13)18-15-8-11(10-17)4-5-14(15)16/h4-5,8,12-13,18H,2-3,6-7,9H2,1H3. The number of hydrogen-bond donors (Lipinski definition) is 1. The molecule has 4 heteroatoms. The maximum atomic E-state index is 8.93. The van der Waals surface area contributed by atoms with Crippen molar-refractivity contribution in [3.05, 3.63) is 28.8 Å². The topological polar surface area (TPSA) is 45.0 Å². The number of nitriles is 1. The third-order valence-corrected chi connectivity index (χ3v) is 3.76. The molecule has 0 spiro atoms. The molecule has 1 aliphatic heterocycles. The van der Waals surface area contributed by atoms with Gasteiger partial charge in [0.2, 0.25) is 0 Å². The van der Waals surface area contributed by atoms with E-state index in [-0.39, 0.29) is 0 Å². The van der Waals surface area contributed by atoms with Crippen molar-refractivity contribution in [3.8, 4) is 6.07 Å². The van der Waals surface area contributed by atoms with Gasteiger partial charge in [-0.05, 0) is 37.5 Å². The van der Waals surface area contributed by atoms with E-state index in [9.17, 15) is 0 Å². The van der Waals surface area contributed by atoms with Gasteiger partial charge >= 0.3 is 0 Å². The summed E-state index contributed by atoms with van der Waals surface area (Å²) in [6.45, 7) is 2.96. The molecule has 0 aliphatic carbocycles. The Morgan fingerprint density at radius 2 is 2.37 bits per heavy atom. The molecule has 102 valence electrons. The van der Waals surface area contributed by atoms with Crippen LogP contribution in [-0.2, 0) is 4.74 Å². The zero-order chi connectivity index (χ0) is 13.7. The van der Waals surface area contributed by atoms with Crippen molar-refractivity contribution >= 4 is 17.3 Å². The third-order valence-electron chi connectivity index (χ3n) is 3.43. The molecule has 1 heterocycles. The van der Waals surface area contributed by atoms with Gasteiger partial charge in [-0.3, -0.25) is 0 Å². The summed E-state index contributed by atoms with van der Waals surface area (Å²) in [5.74, 6) is 0. The highest BCUT2D eigenvalue weighted by molar-refractivity contribution is 6.33. The van der Waals surface area contributed by atoms with Crippen molar-refractivity contribution < 1.29 is 4.74 Å². The third kappa shape index (κ3) is 3.86. The maximum absolute atomic E-state index is 8.93. The van der Waals surface area contributed by atoms with Gasteiger partial charge in [0.1, 0.15) is 0 Å². The van der Waals surface area contributed by atoms with E-state index in [1.807, 2.05) is 6.07 Å². The van der Waals surface area contributed by atoms with E-state index in [1.54, 1.807) is 12.1 Å². The molecule has 0 aromatic heterocycles. The van der Waals surface area contributed by atoms with Crippen LogP contribution in [0.25, 0.3) is 0 Å². The van der Waals surface area contributed by atoms with Crippen LogP contribution in [0.2, 0.25) is 5.02 Å². The Kier molecular flexibility index (Phi) is 5.07. The molecular weight excluding hydrogens is 260 g/mol. The fourth-order valence-corrected chi connectivity index (χ4v) is 2.63. The molecule has 2 unspecified atom stereocenters. The van der Waals surface area contributed by atoms with Crippen molar-refractivity contribution in [2.24, 2.45) is 0 Å². The number of anilines is 1. The number of hydrogen-bond acceptors (Lipinski definition) is 3. The van der Waals surface area contributed by atoms with Crippen LogP contribution in [0.1, 0.15) is 38.2 Å². The molecule has 1 aliphatic rings. The highest BCUT2D eigenvalue weighted by Gasteiger charge is 2.22. The Balaban J connectivity index is 2.02. The summed E-state index contributed by atoms with van der Waals surface area (Å²) in [6.07, 6.45) is 4.56. The van der Waals surface area contributed by atoms with Crippen molar-refractivity contribution in [1.82, 2.24) is 0 Å². The molecule has 1 saturated heterocycles. The van der Waals surface area contributed by atoms with E-state index in [0.29, 0.717) is 22.7 Å². The minimum atomic E-state index is 0.342. The molecule has 1 fully saturated rings. The second-order valence-corrected chi connectivity index (χ2v) is 5.36. The lowest BCUT2D eigenvalue weighted by Crippen LogP contribution is -2.34. The molecule has 19 heavy (non-hydrogen) atoms. The van der Waals surface area contributed by atoms with Gasteiger partial charge < -0.3 is 10.1 Å². The first-order valence-electron chi connectivity index (χ1n) is 6.80. The highest BCUT2D eigenvalue weighted by atomic mass is 35.5. The van der Waals surface area contributed by atoms with E-state index in [0.717, 1.165) is 38.0 Å². The van der Waals surface area contributed by atoms with Crippen LogP contribution in [0, 0.1) is 11.3 Å². The summed E-state index contributed by atoms with van der Waals surface area (Å²) in [5, 5.41) is 13.0. The lowest BCUT2D eigenvalue weighted by molar-refractivity contribution is 0.00598. The van der Waals surface area contributed by atoms with Crippen LogP contribution in [0.3, 0.4) is 0 Å². The smallest absolute Gasteiger partial charge is 0.0992 e. The SMILES string of the molecule is CCCC1CC(Nc2cc(C#N)ccc2Cl)CCO1. The maximum Gasteiger partial charge on any atom is 0.0992 e. The Morgan fingerprint density at radius 3 is 3.11 bits per heavy atom. The van der Waals surface area contributed by atoms with Gasteiger partial charge in [0.25, 0.3) is 0 Å². The second kappa shape index (κ2) is 6.79. The van der Waals surface area contributed by atoms with E-state index >= 15 is 0 Å². The first kappa shape index (κ1) is 14.2. The van der Waals surface area contributed by atoms with Crippen molar-refractivity contribution in [1.29, 1.82) is 5.26 Å². The van der Waals surface area contributed by atoms with Crippen LogP contribution >= 0.6 is 11.6 Å². The van der Waals surface area contributed by atoms with E-state index in [2.05, 4.69) is 18.3 Å². The van der Waals surface area contributed by atoms with Crippen LogP contribution in [0.5, 0.6) is 0 Å². The molecule has 0 radical (unpaired) electrons. The number of ether oxygens (including phenoxy) is 1. The Bertz CT molecular complexity index is 468. The van der Waals surface area contributed by atoms with Crippen molar-refractivity contribution in [2.75, 3.05) is 11.9 Å². The van der Waals surface area contributed by atoms with Gasteiger partial charge in [0.15, 0.2) is 0 Å². The summed E-state index contributed by atoms with van der Waals surface area (Å²) in [5.41, 5.74) is 1.48. The van der Waals surface area contributed by atoms with Crippen molar-refractivity contribution in [3.63, 3.8) is 0 Å². The molecule has 1 aromatic rings. The van der Waals surface area contributed by atoms with Gasteiger partial charge in [0, 0.05) is 12.6 Å². The van der Waals surface area contributed by atoms with Gasteiger partial charge in [-0.1, -0.05) is 24.9 Å². The molecule has 3 nitrogen and oxygen atoms in total. The molecule has 1 aromatic carbocycles. The molecule has 1 N–H and O–H groups in total. The Hall–Kier alpha value is -1.24. The highest BCUT2D eigenvalue weighted by Crippen LogP contribution is 2.27. The van der Waals surface area contributed by atoms with Crippen LogP contribution < -0.4 is 5.32 Å². The van der Waals surface area contributed by atoms with Crippen molar-refractivity contribution in [2.45, 2.75) is 44.8 Å². The van der Waals surface area contributed by atoms with Crippen LogP contribution in [0.15, 0.2) is 18.2 Å². The average Bonchev–Trinajstić information content (AvgIpc) is 2.42. The van der Waals surface area contributed by atoms with Gasteiger partial charge in [-0.25, -0.2) is 0 Å². The predicted molar refractivity (Wildman–Crippen MR) is 77.5 cm³/mol. The minimum Gasteiger partial charge on any atom is -0.381 e. The lowest BCUT2D eigenvalue weighted by Gasteiger charge is -2.31. The fraction of sp³-hybridized carbons (Fsp3) is 0.533. The van der Waals surface area contributed by atoms with E-state index in [4.69, 9.17) is 21.6 Å². The minimum absolute atomic E-state index is 0.342. The molecule has 2 atom stereocenters. The zero-order valence-electron chi connectivity index (χ0n) is 11.2. The predicted octanol–water partition coefficient (Wildman–Crippen LogP) is 3.97. The number of benzene rings is 1. The summed E-state index contributed by atoms with van der Waals surface area (Å²) in [6, 6.07) is 7.82. The number of nitrogens with one attached hydrogen (secondary N) is 1. The quantitative estimate of drug-likeness (QED) is 0.906. The first-order valence-corrected chi connectivity index (χ1v) is 7.18. The first-order chi connectivity index (χ1) is 9.22. The second-order valence-electron chi connectivity index (χ2n) is 4.95. The number of nitrogens with zero attached hydrogens (tertiary/aromatic N) is 1. The van der Waals surface area contributed by atoms with Gasteiger partial charge in [-0.2, -0.15) is 5.26 Å². The molecular formula is C15H19ClN2O. The monoisotopic (exact) mass is 278 g/mol. The molecule has 0 saturated carbocycles. The summed E-state index contributed by atoms with van der Waals surface area (Å²) < 4.78 is 5.74. The van der Waals surface area contributed by atoms with Crippen LogP contribution in [-0.4, -0.2) is 18.8 Å². The van der Waals surface area contributed by atoms with Gasteiger partial charge in [0.05, 0.1) is 28.4 Å². The summed E-state index contributed by atoms with van der Waals surface area (Å²) in [7, 11) is 0. The average molecular weight is 279 g/mol. The van der Waals surface area contributed by atoms with Crippen LogP contribution in [0.4, 0.5) is 5.69 Å². The largest absolute Gasteiger partial charge is 0.381 e. The van der Waals surface area contributed by atoms with Gasteiger partial charge in [-0.15, -0.1) is 0 Å². The molecule has 0 amide bonds. The van der Waals surface area contributed by atoms with E-state index < -0.39 is 0 Å². The zero-order valence-corrected chi connectivity index (χ0v) is 11.9. The lowest BCUT2D eigenvalue weighted by atomic mass is 9.99. The molecule has 2 rings (SSSR count). The normalized spacial score (nSPS) is 22.8. The van der Waals surface area contributed by atoms with E-state index in [1.165, 1.54) is 0 Å². The Morgan fingerprint density at radius 1 is 1.53 bits per heavy atom. The summed E-state index contributed by atoms with van der Waals surface area (Å²) >= 11 is 6.17. The fourth-order valence-electron chi connectivity index (χ4n) is 2.46. The molecule has 0 bridgehead atoms. The Labute approximate surface area is 119 Å². The summed E-state index contributed by atoms with van der Waals surface area (Å²) in [4.78, 5) is 0.